The molecule has 0 spiro atoms. The van der Waals surface area contributed by atoms with Gasteiger partial charge in [-0.15, -0.1) is 0 Å². The van der Waals surface area contributed by atoms with Crippen molar-refractivity contribution < 1.29 is 18.1 Å². The number of benzene rings is 2. The zero-order valence-corrected chi connectivity index (χ0v) is 17.0. The number of nitro benzene ring substituents is 1. The van der Waals surface area contributed by atoms with Gasteiger partial charge in [0.2, 0.25) is 0 Å². The van der Waals surface area contributed by atoms with Crippen molar-refractivity contribution in [3.63, 3.8) is 0 Å². The summed E-state index contributed by atoms with van der Waals surface area (Å²) in [6.45, 7) is 1.27. The van der Waals surface area contributed by atoms with Crippen molar-refractivity contribution >= 4 is 38.5 Å². The second kappa shape index (κ2) is 7.84. The molecule has 3 rings (SSSR count). The summed E-state index contributed by atoms with van der Waals surface area (Å²) < 4.78 is 29.2. The van der Waals surface area contributed by atoms with Crippen LogP contribution in [0, 0.1) is 10.1 Å². The number of nitrogens with one attached hydrogen (secondary N) is 1. The summed E-state index contributed by atoms with van der Waals surface area (Å²) in [7, 11) is -2.14. The average Bonchev–Trinajstić information content (AvgIpc) is 3.09. The molecule has 0 aliphatic carbocycles. The molecular weight excluding hydrogens is 406 g/mol. The van der Waals surface area contributed by atoms with Gasteiger partial charge in [0.05, 0.1) is 17.7 Å². The number of methoxy groups -OCH3 is 1. The summed E-state index contributed by atoms with van der Waals surface area (Å²) in [6, 6.07) is 9.52. The van der Waals surface area contributed by atoms with Crippen molar-refractivity contribution in [2.75, 3.05) is 36.7 Å². The number of ether oxygens (including phenoxy) is 1. The van der Waals surface area contributed by atoms with Crippen LogP contribution in [0.2, 0.25) is 5.02 Å². The Hall–Kier alpha value is -2.52. The molecular formula is C18H20ClN3O5S. The molecule has 0 amide bonds. The van der Waals surface area contributed by atoms with Crippen molar-refractivity contribution in [2.45, 2.75) is 17.4 Å². The monoisotopic (exact) mass is 425 g/mol. The van der Waals surface area contributed by atoms with E-state index in [1.807, 2.05) is 6.07 Å². The summed E-state index contributed by atoms with van der Waals surface area (Å²) >= 11 is 6.10. The SMILES string of the molecule is COc1ccc(Cl)cc1N1CCC(Nc2cccc(S(C)(=O)=O)c2[N+](=O)[O-])C1. The van der Waals surface area contributed by atoms with Crippen molar-refractivity contribution in [3.8, 4) is 5.75 Å². The molecule has 1 fully saturated rings. The van der Waals surface area contributed by atoms with Gasteiger partial charge >= 0.3 is 5.69 Å². The first kappa shape index (κ1) is 20.2. The van der Waals surface area contributed by atoms with Crippen molar-refractivity contribution in [2.24, 2.45) is 0 Å². The molecule has 2 aromatic rings. The Morgan fingerprint density at radius 1 is 1.32 bits per heavy atom. The minimum absolute atomic E-state index is 0.0998. The van der Waals surface area contributed by atoms with Crippen LogP contribution < -0.4 is 15.0 Å². The van der Waals surface area contributed by atoms with Gasteiger partial charge in [-0.05, 0) is 36.8 Å². The minimum atomic E-state index is -3.73. The van der Waals surface area contributed by atoms with E-state index in [0.717, 1.165) is 18.4 Å². The number of nitrogens with zero attached hydrogens (tertiary/aromatic N) is 2. The van der Waals surface area contributed by atoms with Crippen molar-refractivity contribution in [1.29, 1.82) is 0 Å². The second-order valence-electron chi connectivity index (χ2n) is 6.57. The molecule has 8 nitrogen and oxygen atoms in total. The number of nitro groups is 1. The summed E-state index contributed by atoms with van der Waals surface area (Å²) in [6.07, 6.45) is 1.68. The Morgan fingerprint density at radius 2 is 2.07 bits per heavy atom. The molecule has 2 aromatic carbocycles. The molecule has 1 N–H and O–H groups in total. The van der Waals surface area contributed by atoms with E-state index < -0.39 is 20.4 Å². The Balaban J connectivity index is 1.85. The Morgan fingerprint density at radius 3 is 2.71 bits per heavy atom. The van der Waals surface area contributed by atoms with Gasteiger partial charge < -0.3 is 15.0 Å². The lowest BCUT2D eigenvalue weighted by Gasteiger charge is -2.22. The number of rotatable bonds is 6. The zero-order valence-electron chi connectivity index (χ0n) is 15.4. The molecule has 0 bridgehead atoms. The van der Waals surface area contributed by atoms with Crippen molar-refractivity contribution in [3.05, 3.63) is 51.5 Å². The maximum absolute atomic E-state index is 11.9. The lowest BCUT2D eigenvalue weighted by molar-refractivity contribution is -0.386. The van der Waals surface area contributed by atoms with Crippen LogP contribution in [0.5, 0.6) is 5.75 Å². The quantitative estimate of drug-likeness (QED) is 0.559. The highest BCUT2D eigenvalue weighted by atomic mass is 35.5. The van der Waals surface area contributed by atoms with Crippen LogP contribution in [0.1, 0.15) is 6.42 Å². The van der Waals surface area contributed by atoms with Gasteiger partial charge in [0.25, 0.3) is 0 Å². The lowest BCUT2D eigenvalue weighted by atomic mass is 10.2. The third-order valence-electron chi connectivity index (χ3n) is 4.61. The molecule has 28 heavy (non-hydrogen) atoms. The van der Waals surface area contributed by atoms with E-state index in [4.69, 9.17) is 16.3 Å². The van der Waals surface area contributed by atoms with E-state index in [2.05, 4.69) is 10.2 Å². The van der Waals surface area contributed by atoms with Gasteiger partial charge in [-0.2, -0.15) is 0 Å². The van der Waals surface area contributed by atoms with Gasteiger partial charge in [-0.1, -0.05) is 17.7 Å². The van der Waals surface area contributed by atoms with E-state index in [1.54, 1.807) is 19.2 Å². The summed E-state index contributed by atoms with van der Waals surface area (Å²) in [5, 5.41) is 15.2. The maximum Gasteiger partial charge on any atom is 0.310 e. The highest BCUT2D eigenvalue weighted by Gasteiger charge is 2.30. The first-order chi connectivity index (χ1) is 13.2. The van der Waals surface area contributed by atoms with E-state index in [-0.39, 0.29) is 16.6 Å². The first-order valence-electron chi connectivity index (χ1n) is 8.53. The van der Waals surface area contributed by atoms with Gasteiger partial charge in [0.1, 0.15) is 16.3 Å². The molecule has 1 saturated heterocycles. The van der Waals surface area contributed by atoms with Gasteiger partial charge in [-0.3, -0.25) is 10.1 Å². The van der Waals surface area contributed by atoms with Crippen LogP contribution in [0.3, 0.4) is 0 Å². The lowest BCUT2D eigenvalue weighted by Crippen LogP contribution is -2.26. The smallest absolute Gasteiger partial charge is 0.310 e. The van der Waals surface area contributed by atoms with E-state index in [9.17, 15) is 18.5 Å². The highest BCUT2D eigenvalue weighted by molar-refractivity contribution is 7.90. The summed E-state index contributed by atoms with van der Waals surface area (Å²) in [5.74, 6) is 0.690. The van der Waals surface area contributed by atoms with Gasteiger partial charge in [0.15, 0.2) is 9.84 Å². The fourth-order valence-corrected chi connectivity index (χ4v) is 4.38. The number of sulfone groups is 1. The maximum atomic E-state index is 11.9. The van der Waals surface area contributed by atoms with Gasteiger partial charge in [0, 0.05) is 30.4 Å². The van der Waals surface area contributed by atoms with Crippen LogP contribution >= 0.6 is 11.6 Å². The molecule has 10 heteroatoms. The predicted molar refractivity (Wildman–Crippen MR) is 108 cm³/mol. The molecule has 1 heterocycles. The van der Waals surface area contributed by atoms with Crippen LogP contribution in [0.4, 0.5) is 17.1 Å². The molecule has 1 aliphatic rings. The molecule has 1 aliphatic heterocycles. The van der Waals surface area contributed by atoms with Crippen LogP contribution in [-0.4, -0.2) is 45.8 Å². The van der Waals surface area contributed by atoms with E-state index in [1.165, 1.54) is 18.2 Å². The molecule has 0 aromatic heterocycles. The number of anilines is 2. The molecule has 0 radical (unpaired) electrons. The largest absolute Gasteiger partial charge is 0.495 e. The number of halogens is 1. The van der Waals surface area contributed by atoms with Crippen LogP contribution in [0.25, 0.3) is 0 Å². The predicted octanol–water partition coefficient (Wildman–Crippen LogP) is 3.35. The van der Waals surface area contributed by atoms with Crippen molar-refractivity contribution in [1.82, 2.24) is 0 Å². The first-order valence-corrected chi connectivity index (χ1v) is 10.8. The highest BCUT2D eigenvalue weighted by Crippen LogP contribution is 2.36. The van der Waals surface area contributed by atoms with Gasteiger partial charge in [-0.25, -0.2) is 8.42 Å². The summed E-state index contributed by atoms with van der Waals surface area (Å²) in [4.78, 5) is 12.6. The molecule has 1 unspecified atom stereocenters. The number of hydrogen-bond acceptors (Lipinski definition) is 7. The zero-order chi connectivity index (χ0) is 20.5. The Bertz CT molecular complexity index is 1010. The molecule has 150 valence electrons. The topological polar surface area (TPSA) is 102 Å². The summed E-state index contributed by atoms with van der Waals surface area (Å²) in [5.41, 5.74) is 0.611. The standard InChI is InChI=1S/C18H20ClN3O5S/c1-27-16-7-6-12(19)10-15(16)21-9-8-13(11-21)20-14-4-3-5-17(28(2,25)26)18(14)22(23)24/h3-7,10,13,20H,8-9,11H2,1-2H3. The van der Waals surface area contributed by atoms with Crippen LogP contribution in [0.15, 0.2) is 41.3 Å². The fraction of sp³-hybridized carbons (Fsp3) is 0.333. The number of hydrogen-bond donors (Lipinski definition) is 1. The normalized spacial score (nSPS) is 16.8. The Kier molecular flexibility index (Phi) is 5.66. The third-order valence-corrected chi connectivity index (χ3v) is 5.97. The van der Waals surface area contributed by atoms with E-state index in [0.29, 0.717) is 23.9 Å². The fourth-order valence-electron chi connectivity index (χ4n) is 3.35. The van der Waals surface area contributed by atoms with E-state index >= 15 is 0 Å². The second-order valence-corrected chi connectivity index (χ2v) is 8.99. The Labute approximate surface area is 168 Å². The molecule has 1 atom stereocenters. The number of para-hydroxylation sites is 1. The van der Waals surface area contributed by atoms with Crippen LogP contribution in [-0.2, 0) is 9.84 Å². The minimum Gasteiger partial charge on any atom is -0.495 e. The average molecular weight is 426 g/mol. The third kappa shape index (κ3) is 4.15. The molecule has 0 saturated carbocycles.